The lowest BCUT2D eigenvalue weighted by atomic mass is 9.95. The average molecular weight is 261 g/mol. The Hall–Kier alpha value is -0.170. The standard InChI is InChI=1S/C11H23N3O2S/c1-11(2)10(13-8-5-12-6-9-13)4-7-14(11)17(3,15)16/h10,12H,4-9H2,1-3H3. The van der Waals surface area contributed by atoms with E-state index in [4.69, 9.17) is 0 Å². The van der Waals surface area contributed by atoms with Gasteiger partial charge in [0.15, 0.2) is 0 Å². The first kappa shape index (κ1) is 13.3. The summed E-state index contributed by atoms with van der Waals surface area (Å²) in [5, 5.41) is 3.33. The largest absolute Gasteiger partial charge is 0.314 e. The Bertz CT molecular complexity index is 374. The Labute approximate surface area is 104 Å². The van der Waals surface area contributed by atoms with E-state index < -0.39 is 10.0 Å². The van der Waals surface area contributed by atoms with Gasteiger partial charge >= 0.3 is 0 Å². The number of hydrogen-bond acceptors (Lipinski definition) is 4. The maximum atomic E-state index is 11.8. The first-order valence-electron chi connectivity index (χ1n) is 6.26. The van der Waals surface area contributed by atoms with E-state index in [1.54, 1.807) is 4.31 Å². The Balaban J connectivity index is 2.16. The van der Waals surface area contributed by atoms with Crippen molar-refractivity contribution >= 4 is 10.0 Å². The highest BCUT2D eigenvalue weighted by Crippen LogP contribution is 2.34. The molecule has 0 aromatic carbocycles. The van der Waals surface area contributed by atoms with Gasteiger partial charge in [0.25, 0.3) is 0 Å². The molecule has 1 atom stereocenters. The highest BCUT2D eigenvalue weighted by atomic mass is 32.2. The van der Waals surface area contributed by atoms with Crippen LogP contribution in [0.3, 0.4) is 0 Å². The molecule has 17 heavy (non-hydrogen) atoms. The van der Waals surface area contributed by atoms with Crippen LogP contribution in [-0.4, -0.2) is 68.2 Å². The summed E-state index contributed by atoms with van der Waals surface area (Å²) < 4.78 is 25.2. The summed E-state index contributed by atoms with van der Waals surface area (Å²) in [5.74, 6) is 0. The van der Waals surface area contributed by atoms with Gasteiger partial charge < -0.3 is 5.32 Å². The quantitative estimate of drug-likeness (QED) is 0.742. The van der Waals surface area contributed by atoms with Gasteiger partial charge in [0.2, 0.25) is 10.0 Å². The fourth-order valence-corrected chi connectivity index (χ4v) is 4.68. The highest BCUT2D eigenvalue weighted by Gasteiger charge is 2.48. The predicted molar refractivity (Wildman–Crippen MR) is 68.5 cm³/mol. The van der Waals surface area contributed by atoms with Crippen LogP contribution < -0.4 is 5.32 Å². The minimum Gasteiger partial charge on any atom is -0.314 e. The topological polar surface area (TPSA) is 52.6 Å². The second kappa shape index (κ2) is 4.50. The smallest absolute Gasteiger partial charge is 0.211 e. The molecule has 2 aliphatic rings. The van der Waals surface area contributed by atoms with Crippen LogP contribution in [0.1, 0.15) is 20.3 Å². The Morgan fingerprint density at radius 2 is 1.76 bits per heavy atom. The van der Waals surface area contributed by atoms with Crippen LogP contribution in [0.4, 0.5) is 0 Å². The number of sulfonamides is 1. The van der Waals surface area contributed by atoms with Gasteiger partial charge in [-0.1, -0.05) is 0 Å². The molecular weight excluding hydrogens is 238 g/mol. The zero-order chi connectivity index (χ0) is 12.7. The van der Waals surface area contributed by atoms with Gasteiger partial charge in [0.1, 0.15) is 0 Å². The van der Waals surface area contributed by atoms with Crippen molar-refractivity contribution in [3.05, 3.63) is 0 Å². The third-order valence-corrected chi connectivity index (χ3v) is 5.51. The molecule has 0 spiro atoms. The van der Waals surface area contributed by atoms with Crippen molar-refractivity contribution in [3.8, 4) is 0 Å². The second-order valence-electron chi connectivity index (χ2n) is 5.58. The SMILES string of the molecule is CC1(C)C(N2CCNCC2)CCN1S(C)(=O)=O. The van der Waals surface area contributed by atoms with Crippen molar-refractivity contribution in [2.75, 3.05) is 39.0 Å². The molecule has 0 bridgehead atoms. The van der Waals surface area contributed by atoms with Crippen LogP contribution in [-0.2, 0) is 10.0 Å². The predicted octanol–water partition coefficient (Wildman–Crippen LogP) is -0.296. The first-order chi connectivity index (χ1) is 7.83. The molecule has 2 aliphatic heterocycles. The summed E-state index contributed by atoms with van der Waals surface area (Å²) in [5.41, 5.74) is -0.287. The van der Waals surface area contributed by atoms with Crippen molar-refractivity contribution in [3.63, 3.8) is 0 Å². The van der Waals surface area contributed by atoms with Gasteiger partial charge in [-0.25, -0.2) is 8.42 Å². The minimum absolute atomic E-state index is 0.287. The highest BCUT2D eigenvalue weighted by molar-refractivity contribution is 7.88. The van der Waals surface area contributed by atoms with Gasteiger partial charge in [-0.05, 0) is 20.3 Å². The monoisotopic (exact) mass is 261 g/mol. The third kappa shape index (κ3) is 2.50. The molecule has 1 unspecified atom stereocenters. The van der Waals surface area contributed by atoms with Crippen molar-refractivity contribution in [2.45, 2.75) is 31.8 Å². The molecule has 0 aromatic heterocycles. The lowest BCUT2D eigenvalue weighted by molar-refractivity contribution is 0.107. The summed E-state index contributed by atoms with van der Waals surface area (Å²) >= 11 is 0. The molecule has 0 amide bonds. The normalized spacial score (nSPS) is 31.8. The van der Waals surface area contributed by atoms with Gasteiger partial charge in [0, 0.05) is 44.3 Å². The van der Waals surface area contributed by atoms with E-state index in [1.807, 2.05) is 13.8 Å². The Morgan fingerprint density at radius 3 is 2.24 bits per heavy atom. The van der Waals surface area contributed by atoms with Gasteiger partial charge in [-0.15, -0.1) is 0 Å². The summed E-state index contributed by atoms with van der Waals surface area (Å²) in [6.45, 7) is 8.80. The van der Waals surface area contributed by atoms with Crippen LogP contribution in [0.2, 0.25) is 0 Å². The molecule has 0 radical (unpaired) electrons. The summed E-state index contributed by atoms with van der Waals surface area (Å²) in [7, 11) is -3.09. The molecule has 0 aromatic rings. The molecule has 2 heterocycles. The molecule has 100 valence electrons. The van der Waals surface area contributed by atoms with E-state index in [2.05, 4.69) is 10.2 Å². The molecular formula is C11H23N3O2S. The Kier molecular flexibility index (Phi) is 3.51. The van der Waals surface area contributed by atoms with Crippen LogP contribution in [0.25, 0.3) is 0 Å². The van der Waals surface area contributed by atoms with Crippen LogP contribution in [0.5, 0.6) is 0 Å². The molecule has 0 saturated carbocycles. The zero-order valence-corrected chi connectivity index (χ0v) is 11.8. The van der Waals surface area contributed by atoms with Gasteiger partial charge in [0.05, 0.1) is 6.26 Å². The van der Waals surface area contributed by atoms with E-state index in [0.717, 1.165) is 32.6 Å². The van der Waals surface area contributed by atoms with Crippen molar-refractivity contribution < 1.29 is 8.42 Å². The Morgan fingerprint density at radius 1 is 1.18 bits per heavy atom. The minimum atomic E-state index is -3.09. The second-order valence-corrected chi connectivity index (χ2v) is 7.49. The lowest BCUT2D eigenvalue weighted by Crippen LogP contribution is -2.57. The molecule has 5 nitrogen and oxygen atoms in total. The molecule has 2 fully saturated rings. The fraction of sp³-hybridized carbons (Fsp3) is 1.00. The number of rotatable bonds is 2. The van der Waals surface area contributed by atoms with Crippen LogP contribution in [0.15, 0.2) is 0 Å². The third-order valence-electron chi connectivity index (χ3n) is 4.06. The zero-order valence-electron chi connectivity index (χ0n) is 10.9. The van der Waals surface area contributed by atoms with Crippen molar-refractivity contribution in [1.82, 2.24) is 14.5 Å². The van der Waals surface area contributed by atoms with Crippen molar-refractivity contribution in [2.24, 2.45) is 0 Å². The van der Waals surface area contributed by atoms with E-state index in [-0.39, 0.29) is 5.54 Å². The number of nitrogens with one attached hydrogen (secondary N) is 1. The van der Waals surface area contributed by atoms with E-state index >= 15 is 0 Å². The van der Waals surface area contributed by atoms with Crippen LogP contribution in [0, 0.1) is 0 Å². The average Bonchev–Trinajstić information content (AvgIpc) is 2.54. The lowest BCUT2D eigenvalue weighted by Gasteiger charge is -2.42. The van der Waals surface area contributed by atoms with Gasteiger partial charge in [-0.2, -0.15) is 4.31 Å². The first-order valence-corrected chi connectivity index (χ1v) is 8.11. The fourth-order valence-electron chi connectivity index (χ4n) is 3.26. The molecule has 2 saturated heterocycles. The maximum Gasteiger partial charge on any atom is 0.211 e. The molecule has 0 aliphatic carbocycles. The van der Waals surface area contributed by atoms with E-state index in [9.17, 15) is 8.42 Å². The molecule has 2 rings (SSSR count). The molecule has 1 N–H and O–H groups in total. The summed E-state index contributed by atoms with van der Waals surface area (Å²) in [4.78, 5) is 2.43. The van der Waals surface area contributed by atoms with Gasteiger partial charge in [-0.3, -0.25) is 4.90 Å². The van der Waals surface area contributed by atoms with Crippen molar-refractivity contribution in [1.29, 1.82) is 0 Å². The van der Waals surface area contributed by atoms with E-state index in [0.29, 0.717) is 12.6 Å². The van der Waals surface area contributed by atoms with E-state index in [1.165, 1.54) is 6.26 Å². The summed E-state index contributed by atoms with van der Waals surface area (Å²) in [6.07, 6.45) is 2.26. The number of nitrogens with zero attached hydrogens (tertiary/aromatic N) is 2. The molecule has 6 heteroatoms. The number of hydrogen-bond donors (Lipinski definition) is 1. The number of piperazine rings is 1. The summed E-state index contributed by atoms with van der Waals surface area (Å²) in [6, 6.07) is 0.347. The maximum absolute atomic E-state index is 11.8. The van der Waals surface area contributed by atoms with Crippen LogP contribution >= 0.6 is 0 Å².